The first kappa shape index (κ1) is 9.17. The second-order valence-electron chi connectivity index (χ2n) is 5.72. The van der Waals surface area contributed by atoms with Crippen LogP contribution in [0.25, 0.3) is 0 Å². The van der Waals surface area contributed by atoms with Crippen LogP contribution in [0.4, 0.5) is 0 Å². The largest absolute Gasteiger partial charge is 0.308 e. The van der Waals surface area contributed by atoms with Gasteiger partial charge in [0.15, 0.2) is 0 Å². The molecule has 4 rings (SSSR count). The van der Waals surface area contributed by atoms with Crippen molar-refractivity contribution in [1.82, 2.24) is 10.3 Å². The molecular formula is C14H18N2. The van der Waals surface area contributed by atoms with Crippen molar-refractivity contribution < 1.29 is 0 Å². The van der Waals surface area contributed by atoms with Gasteiger partial charge in [-0.05, 0) is 55.1 Å². The molecule has 2 heteroatoms. The number of aromatic nitrogens is 1. The summed E-state index contributed by atoms with van der Waals surface area (Å²) >= 11 is 0. The standard InChI is InChI=1S/C14H18N2/c1-2-6-15-11(3-1)8-16-14-12-9-4-5-10(7-9)13(12)14/h1-3,6,9-10,12-14,16H,4-5,7-8H2. The van der Waals surface area contributed by atoms with Gasteiger partial charge in [0.05, 0.1) is 5.69 Å². The monoisotopic (exact) mass is 214 g/mol. The Balaban J connectivity index is 1.38. The lowest BCUT2D eigenvalue weighted by atomic mass is 10.0. The van der Waals surface area contributed by atoms with E-state index in [-0.39, 0.29) is 0 Å². The predicted molar refractivity (Wildman–Crippen MR) is 62.7 cm³/mol. The normalized spacial score (nSPS) is 43.4. The Kier molecular flexibility index (Phi) is 1.89. The number of nitrogens with zero attached hydrogens (tertiary/aromatic N) is 1. The zero-order chi connectivity index (χ0) is 10.5. The summed E-state index contributed by atoms with van der Waals surface area (Å²) < 4.78 is 0. The molecule has 1 N–H and O–H groups in total. The highest BCUT2D eigenvalue weighted by atomic mass is 15.0. The fourth-order valence-corrected chi connectivity index (χ4v) is 4.32. The van der Waals surface area contributed by atoms with Crippen molar-refractivity contribution in [2.24, 2.45) is 23.7 Å². The van der Waals surface area contributed by atoms with Crippen molar-refractivity contribution in [3.63, 3.8) is 0 Å². The summed E-state index contributed by atoms with van der Waals surface area (Å²) in [6.07, 6.45) is 6.44. The van der Waals surface area contributed by atoms with E-state index in [1.165, 1.54) is 25.0 Å². The van der Waals surface area contributed by atoms with Crippen LogP contribution in [-0.4, -0.2) is 11.0 Å². The van der Waals surface area contributed by atoms with Crippen LogP contribution in [0, 0.1) is 23.7 Å². The predicted octanol–water partition coefficient (Wildman–Crippen LogP) is 2.22. The van der Waals surface area contributed by atoms with Gasteiger partial charge in [-0.2, -0.15) is 0 Å². The number of hydrogen-bond donors (Lipinski definition) is 1. The van der Waals surface area contributed by atoms with Crippen LogP contribution in [-0.2, 0) is 6.54 Å². The van der Waals surface area contributed by atoms with E-state index in [4.69, 9.17) is 0 Å². The average Bonchev–Trinajstić information content (AvgIpc) is 2.72. The van der Waals surface area contributed by atoms with Crippen molar-refractivity contribution in [3.8, 4) is 0 Å². The third-order valence-corrected chi connectivity index (χ3v) is 4.98. The smallest absolute Gasteiger partial charge is 0.0541 e. The molecule has 0 aliphatic heterocycles. The average molecular weight is 214 g/mol. The molecule has 0 spiro atoms. The Labute approximate surface area is 96.5 Å². The molecule has 0 radical (unpaired) electrons. The topological polar surface area (TPSA) is 24.9 Å². The van der Waals surface area contributed by atoms with Gasteiger partial charge in [-0.25, -0.2) is 0 Å². The second-order valence-corrected chi connectivity index (χ2v) is 5.72. The van der Waals surface area contributed by atoms with Crippen molar-refractivity contribution in [2.75, 3.05) is 0 Å². The number of rotatable bonds is 3. The fourth-order valence-electron chi connectivity index (χ4n) is 4.32. The maximum Gasteiger partial charge on any atom is 0.0541 e. The van der Waals surface area contributed by atoms with Gasteiger partial charge in [0.25, 0.3) is 0 Å². The van der Waals surface area contributed by atoms with Crippen LogP contribution < -0.4 is 5.32 Å². The Hall–Kier alpha value is -0.890. The molecule has 2 bridgehead atoms. The molecule has 0 amide bonds. The molecule has 3 fully saturated rings. The van der Waals surface area contributed by atoms with E-state index in [9.17, 15) is 0 Å². The van der Waals surface area contributed by atoms with Crippen LogP contribution in [0.1, 0.15) is 25.0 Å². The third kappa shape index (κ3) is 1.26. The summed E-state index contributed by atoms with van der Waals surface area (Å²) in [5.41, 5.74) is 1.18. The van der Waals surface area contributed by atoms with Crippen molar-refractivity contribution in [3.05, 3.63) is 30.1 Å². The Morgan fingerprint density at radius 2 is 2.00 bits per heavy atom. The highest BCUT2D eigenvalue weighted by molar-refractivity contribution is 5.17. The van der Waals surface area contributed by atoms with Crippen molar-refractivity contribution >= 4 is 0 Å². The summed E-state index contributed by atoms with van der Waals surface area (Å²) in [5, 5.41) is 3.71. The molecule has 2 nitrogen and oxygen atoms in total. The number of nitrogens with one attached hydrogen (secondary N) is 1. The van der Waals surface area contributed by atoms with Crippen molar-refractivity contribution in [2.45, 2.75) is 31.8 Å². The lowest BCUT2D eigenvalue weighted by Crippen LogP contribution is -2.22. The molecule has 3 aliphatic carbocycles. The summed E-state index contributed by atoms with van der Waals surface area (Å²) in [7, 11) is 0. The molecule has 1 aromatic rings. The van der Waals surface area contributed by atoms with E-state index in [1.807, 2.05) is 12.3 Å². The van der Waals surface area contributed by atoms with E-state index in [0.29, 0.717) is 0 Å². The van der Waals surface area contributed by atoms with Gasteiger partial charge in [0, 0.05) is 18.8 Å². The van der Waals surface area contributed by atoms with E-state index in [2.05, 4.69) is 22.4 Å². The molecule has 3 aliphatic rings. The van der Waals surface area contributed by atoms with Gasteiger partial charge in [-0.3, -0.25) is 4.98 Å². The zero-order valence-electron chi connectivity index (χ0n) is 9.47. The van der Waals surface area contributed by atoms with Gasteiger partial charge in [-0.1, -0.05) is 6.07 Å². The summed E-state index contributed by atoms with van der Waals surface area (Å²) in [5.74, 6) is 4.19. The Morgan fingerprint density at radius 3 is 2.69 bits per heavy atom. The van der Waals surface area contributed by atoms with Gasteiger partial charge in [0.2, 0.25) is 0 Å². The fraction of sp³-hybridized carbons (Fsp3) is 0.643. The van der Waals surface area contributed by atoms with Crippen LogP contribution >= 0.6 is 0 Å². The van der Waals surface area contributed by atoms with Crippen LogP contribution in [0.2, 0.25) is 0 Å². The first-order valence-corrected chi connectivity index (χ1v) is 6.57. The maximum absolute atomic E-state index is 4.36. The summed E-state index contributed by atoms with van der Waals surface area (Å²) in [6, 6.07) is 6.99. The minimum absolute atomic E-state index is 0.827. The molecule has 1 heterocycles. The molecule has 0 aromatic carbocycles. The number of pyridine rings is 1. The maximum atomic E-state index is 4.36. The molecule has 4 atom stereocenters. The minimum atomic E-state index is 0.827. The van der Waals surface area contributed by atoms with Gasteiger partial charge < -0.3 is 5.32 Å². The lowest BCUT2D eigenvalue weighted by molar-refractivity contribution is 0.456. The van der Waals surface area contributed by atoms with E-state index >= 15 is 0 Å². The van der Waals surface area contributed by atoms with Crippen molar-refractivity contribution in [1.29, 1.82) is 0 Å². The second kappa shape index (κ2) is 3.30. The highest BCUT2D eigenvalue weighted by Gasteiger charge is 2.64. The third-order valence-electron chi connectivity index (χ3n) is 4.98. The van der Waals surface area contributed by atoms with E-state index in [0.717, 1.165) is 36.3 Å². The molecule has 4 unspecified atom stereocenters. The van der Waals surface area contributed by atoms with Crippen LogP contribution in [0.5, 0.6) is 0 Å². The number of hydrogen-bond acceptors (Lipinski definition) is 2. The molecule has 16 heavy (non-hydrogen) atoms. The van der Waals surface area contributed by atoms with Gasteiger partial charge >= 0.3 is 0 Å². The molecule has 1 aromatic heterocycles. The highest BCUT2D eigenvalue weighted by Crippen LogP contribution is 2.65. The minimum Gasteiger partial charge on any atom is -0.308 e. The lowest BCUT2D eigenvalue weighted by Gasteiger charge is -2.09. The number of fused-ring (bicyclic) bond motifs is 5. The van der Waals surface area contributed by atoms with E-state index < -0.39 is 0 Å². The Bertz CT molecular complexity index is 373. The molecule has 84 valence electrons. The van der Waals surface area contributed by atoms with Crippen LogP contribution in [0.15, 0.2) is 24.4 Å². The van der Waals surface area contributed by atoms with Gasteiger partial charge in [-0.15, -0.1) is 0 Å². The Morgan fingerprint density at radius 1 is 1.19 bits per heavy atom. The summed E-state index contributed by atoms with van der Waals surface area (Å²) in [4.78, 5) is 4.36. The molecular weight excluding hydrogens is 196 g/mol. The first-order chi connectivity index (χ1) is 7.93. The molecule has 3 saturated carbocycles. The first-order valence-electron chi connectivity index (χ1n) is 6.57. The van der Waals surface area contributed by atoms with Gasteiger partial charge in [0.1, 0.15) is 0 Å². The quantitative estimate of drug-likeness (QED) is 0.834. The zero-order valence-corrected chi connectivity index (χ0v) is 9.47. The summed E-state index contributed by atoms with van der Waals surface area (Å²) in [6.45, 7) is 0.956. The SMILES string of the molecule is c1ccc(CNC2C3C4CCC(C4)C23)nc1. The molecule has 0 saturated heterocycles. The van der Waals surface area contributed by atoms with Crippen LogP contribution in [0.3, 0.4) is 0 Å². The van der Waals surface area contributed by atoms with E-state index in [1.54, 1.807) is 0 Å².